The molecule has 2 aromatic heterocycles. The number of nitrogens with one attached hydrogen (secondary N) is 1. The van der Waals surface area contributed by atoms with Crippen molar-refractivity contribution in [2.45, 2.75) is 32.2 Å². The van der Waals surface area contributed by atoms with Crippen LogP contribution in [0.2, 0.25) is 0 Å². The highest BCUT2D eigenvalue weighted by atomic mass is 16.4. The number of hydrogen-bond acceptors (Lipinski definition) is 4. The van der Waals surface area contributed by atoms with E-state index in [0.717, 1.165) is 49.0 Å². The molecule has 0 radical (unpaired) electrons. The van der Waals surface area contributed by atoms with Gasteiger partial charge in [-0.2, -0.15) is 5.26 Å². The Morgan fingerprint density at radius 1 is 1.31 bits per heavy atom. The number of fused-ring (bicyclic) bond motifs is 2. The first-order valence-electron chi connectivity index (χ1n) is 8.56. The van der Waals surface area contributed by atoms with Gasteiger partial charge < -0.3 is 14.7 Å². The van der Waals surface area contributed by atoms with Crippen molar-refractivity contribution in [3.63, 3.8) is 0 Å². The minimum Gasteiger partial charge on any atom is -0.478 e. The van der Waals surface area contributed by atoms with Crippen molar-refractivity contribution >= 4 is 28.5 Å². The standard InChI is InChI=1S/C19H17N5O2/c20-10-13(18-23-22-17-4-2-1-3-7-24(17)18)8-14-11-21-16-9-12(19(25)26)5-6-15(14)16/h5-6,8-9,11,21H,1-4,7H2,(H,25,26)/b13-8+. The molecule has 0 unspecified atom stereocenters. The van der Waals surface area contributed by atoms with Crippen molar-refractivity contribution in [1.29, 1.82) is 5.26 Å². The molecule has 4 rings (SSSR count). The number of hydrogen-bond donors (Lipinski definition) is 2. The number of aromatic carboxylic acids is 1. The van der Waals surface area contributed by atoms with Crippen LogP contribution in [0, 0.1) is 11.3 Å². The number of nitriles is 1. The van der Waals surface area contributed by atoms with E-state index >= 15 is 0 Å². The summed E-state index contributed by atoms with van der Waals surface area (Å²) in [7, 11) is 0. The molecule has 0 spiro atoms. The number of rotatable bonds is 3. The summed E-state index contributed by atoms with van der Waals surface area (Å²) in [6.07, 6.45) is 7.74. The number of aromatic amines is 1. The minimum atomic E-state index is -0.970. The first kappa shape index (κ1) is 16.1. The monoisotopic (exact) mass is 347 g/mol. The average Bonchev–Trinajstić information content (AvgIpc) is 3.15. The summed E-state index contributed by atoms with van der Waals surface area (Å²) < 4.78 is 2.04. The second-order valence-electron chi connectivity index (χ2n) is 6.38. The molecule has 1 aliphatic rings. The Hall–Kier alpha value is -3.40. The van der Waals surface area contributed by atoms with Crippen molar-refractivity contribution in [2.75, 3.05) is 0 Å². The first-order valence-corrected chi connectivity index (χ1v) is 8.56. The number of allylic oxidation sites excluding steroid dienone is 1. The van der Waals surface area contributed by atoms with E-state index in [9.17, 15) is 10.1 Å². The number of carboxylic acid groups (broad SMARTS) is 1. The molecule has 1 aromatic carbocycles. The molecule has 0 saturated carbocycles. The van der Waals surface area contributed by atoms with Crippen molar-refractivity contribution in [3.8, 4) is 6.07 Å². The highest BCUT2D eigenvalue weighted by molar-refractivity contribution is 5.99. The Kier molecular flexibility index (Phi) is 4.01. The number of carbonyl (C=O) groups is 1. The van der Waals surface area contributed by atoms with Gasteiger partial charge in [-0.3, -0.25) is 0 Å². The fraction of sp³-hybridized carbons (Fsp3) is 0.263. The van der Waals surface area contributed by atoms with Crippen LogP contribution < -0.4 is 0 Å². The summed E-state index contributed by atoms with van der Waals surface area (Å²) in [6, 6.07) is 7.14. The predicted octanol–water partition coefficient (Wildman–Crippen LogP) is 3.25. The van der Waals surface area contributed by atoms with Crippen LogP contribution in [-0.2, 0) is 13.0 Å². The lowest BCUT2D eigenvalue weighted by atomic mass is 10.1. The van der Waals surface area contributed by atoms with Crippen LogP contribution in [0.5, 0.6) is 0 Å². The lowest BCUT2D eigenvalue weighted by Gasteiger charge is -2.05. The average molecular weight is 347 g/mol. The topological polar surface area (TPSA) is 108 Å². The van der Waals surface area contributed by atoms with Crippen molar-refractivity contribution in [2.24, 2.45) is 0 Å². The fourth-order valence-electron chi connectivity index (χ4n) is 3.39. The van der Waals surface area contributed by atoms with Gasteiger partial charge in [-0.05, 0) is 31.1 Å². The van der Waals surface area contributed by atoms with E-state index in [4.69, 9.17) is 5.11 Å². The van der Waals surface area contributed by atoms with Crippen LogP contribution in [0.25, 0.3) is 22.6 Å². The Morgan fingerprint density at radius 2 is 2.19 bits per heavy atom. The van der Waals surface area contributed by atoms with Crippen molar-refractivity contribution in [1.82, 2.24) is 19.7 Å². The van der Waals surface area contributed by atoms with Gasteiger partial charge in [0.15, 0.2) is 5.82 Å². The highest BCUT2D eigenvalue weighted by Crippen LogP contribution is 2.26. The normalized spacial score (nSPS) is 14.7. The van der Waals surface area contributed by atoms with Crippen LogP contribution in [0.4, 0.5) is 0 Å². The SMILES string of the molecule is N#C/C(=C\c1c[nH]c2cc(C(=O)O)ccc12)c1nnc2n1CCCCC2. The largest absolute Gasteiger partial charge is 0.478 e. The lowest BCUT2D eigenvalue weighted by molar-refractivity contribution is 0.0697. The van der Waals surface area contributed by atoms with Crippen LogP contribution in [-0.4, -0.2) is 30.8 Å². The highest BCUT2D eigenvalue weighted by Gasteiger charge is 2.18. The Bertz CT molecular complexity index is 1070. The predicted molar refractivity (Wildman–Crippen MR) is 96.3 cm³/mol. The third-order valence-electron chi connectivity index (χ3n) is 4.73. The van der Waals surface area contributed by atoms with E-state index in [0.29, 0.717) is 16.9 Å². The van der Waals surface area contributed by atoms with Crippen molar-refractivity contribution < 1.29 is 9.90 Å². The Morgan fingerprint density at radius 3 is 3.00 bits per heavy atom. The molecule has 0 atom stereocenters. The zero-order chi connectivity index (χ0) is 18.1. The third-order valence-corrected chi connectivity index (χ3v) is 4.73. The molecule has 0 amide bonds. The molecule has 7 heteroatoms. The van der Waals surface area contributed by atoms with Gasteiger partial charge >= 0.3 is 5.97 Å². The molecule has 1 aliphatic heterocycles. The maximum absolute atomic E-state index is 11.1. The van der Waals surface area contributed by atoms with Gasteiger partial charge in [-0.15, -0.1) is 10.2 Å². The molecule has 130 valence electrons. The molecule has 2 N–H and O–H groups in total. The van der Waals surface area contributed by atoms with E-state index < -0.39 is 5.97 Å². The second kappa shape index (κ2) is 6.48. The molecule has 3 heterocycles. The molecule has 26 heavy (non-hydrogen) atoms. The molecule has 0 bridgehead atoms. The van der Waals surface area contributed by atoms with E-state index in [2.05, 4.69) is 21.3 Å². The summed E-state index contributed by atoms with van der Waals surface area (Å²) in [6.45, 7) is 0.826. The number of benzene rings is 1. The minimum absolute atomic E-state index is 0.221. The Labute approximate surface area is 149 Å². The first-order chi connectivity index (χ1) is 12.7. The van der Waals surface area contributed by atoms with Gasteiger partial charge in [0.25, 0.3) is 0 Å². The molecular formula is C19H17N5O2. The number of nitrogens with zero attached hydrogens (tertiary/aromatic N) is 4. The zero-order valence-electron chi connectivity index (χ0n) is 14.1. The van der Waals surface area contributed by atoms with Gasteiger partial charge in [0.05, 0.1) is 11.1 Å². The second-order valence-corrected chi connectivity index (χ2v) is 6.38. The maximum Gasteiger partial charge on any atom is 0.335 e. The maximum atomic E-state index is 11.1. The Balaban J connectivity index is 1.77. The van der Waals surface area contributed by atoms with E-state index in [1.54, 1.807) is 30.5 Å². The van der Waals surface area contributed by atoms with Gasteiger partial charge in [-0.25, -0.2) is 4.79 Å². The summed E-state index contributed by atoms with van der Waals surface area (Å²) in [5.74, 6) is 0.562. The number of aromatic nitrogens is 4. The summed E-state index contributed by atoms with van der Waals surface area (Å²) in [5.41, 5.74) is 2.21. The summed E-state index contributed by atoms with van der Waals surface area (Å²) in [4.78, 5) is 14.2. The van der Waals surface area contributed by atoms with Crippen LogP contribution in [0.1, 0.15) is 46.8 Å². The van der Waals surface area contributed by atoms with Crippen LogP contribution in [0.15, 0.2) is 24.4 Å². The molecule has 7 nitrogen and oxygen atoms in total. The van der Waals surface area contributed by atoms with Gasteiger partial charge in [0.1, 0.15) is 11.9 Å². The van der Waals surface area contributed by atoms with Gasteiger partial charge in [-0.1, -0.05) is 12.5 Å². The molecular weight excluding hydrogens is 330 g/mol. The fourth-order valence-corrected chi connectivity index (χ4v) is 3.39. The zero-order valence-corrected chi connectivity index (χ0v) is 14.1. The van der Waals surface area contributed by atoms with Crippen LogP contribution >= 0.6 is 0 Å². The molecule has 0 saturated heterocycles. The van der Waals surface area contributed by atoms with Gasteiger partial charge in [0, 0.05) is 35.6 Å². The number of aryl methyl sites for hydroxylation is 1. The number of carboxylic acids is 1. The lowest BCUT2D eigenvalue weighted by Crippen LogP contribution is -2.05. The van der Waals surface area contributed by atoms with E-state index in [1.807, 2.05) is 4.57 Å². The van der Waals surface area contributed by atoms with E-state index in [1.165, 1.54) is 0 Å². The third kappa shape index (κ3) is 2.75. The van der Waals surface area contributed by atoms with Gasteiger partial charge in [0.2, 0.25) is 0 Å². The van der Waals surface area contributed by atoms with E-state index in [-0.39, 0.29) is 5.56 Å². The smallest absolute Gasteiger partial charge is 0.335 e. The van der Waals surface area contributed by atoms with Crippen LogP contribution in [0.3, 0.4) is 0 Å². The van der Waals surface area contributed by atoms with Crippen molar-refractivity contribution in [3.05, 3.63) is 47.2 Å². The quantitative estimate of drug-likeness (QED) is 0.707. The summed E-state index contributed by atoms with van der Waals surface area (Å²) in [5, 5.41) is 28.1. The molecule has 3 aromatic rings. The number of H-pyrrole nitrogens is 1. The summed E-state index contributed by atoms with van der Waals surface area (Å²) >= 11 is 0. The molecule has 0 aliphatic carbocycles. The molecule has 0 fully saturated rings.